The number of benzene rings is 2. The molecule has 1 radical (unpaired) electrons. The van der Waals surface area contributed by atoms with E-state index in [4.69, 9.17) is 9.15 Å². The molecule has 2 aromatic carbocycles. The van der Waals surface area contributed by atoms with Crippen LogP contribution in [-0.2, 0) is 6.42 Å². The van der Waals surface area contributed by atoms with Gasteiger partial charge in [-0.25, -0.2) is 9.37 Å². The fourth-order valence-electron chi connectivity index (χ4n) is 2.82. The Balaban J connectivity index is 1.61. The number of aliphatic hydroxyl groups is 1. The Morgan fingerprint density at radius 1 is 1.22 bits per heavy atom. The van der Waals surface area contributed by atoms with Crippen molar-refractivity contribution in [2.75, 3.05) is 6.61 Å². The molecule has 1 aromatic heterocycles. The first kappa shape index (κ1) is 19.1. The van der Waals surface area contributed by atoms with Crippen LogP contribution >= 0.6 is 0 Å². The van der Waals surface area contributed by atoms with Crippen LogP contribution in [-0.4, -0.2) is 16.7 Å². The van der Waals surface area contributed by atoms with Gasteiger partial charge in [0.05, 0.1) is 18.4 Å². The summed E-state index contributed by atoms with van der Waals surface area (Å²) < 4.78 is 25.5. The Morgan fingerprint density at radius 2 is 2.00 bits per heavy atom. The molecule has 0 spiro atoms. The minimum atomic E-state index is -0.701. The van der Waals surface area contributed by atoms with Crippen LogP contribution in [0.3, 0.4) is 0 Å². The lowest BCUT2D eigenvalue weighted by Crippen LogP contribution is -2.05. The lowest BCUT2D eigenvalue weighted by Gasteiger charge is -2.12. The predicted molar refractivity (Wildman–Crippen MR) is 102 cm³/mol. The number of aliphatic hydroxyl groups excluding tert-OH is 1. The molecule has 3 rings (SSSR count). The molecule has 0 bridgehead atoms. The number of aryl methyl sites for hydroxylation is 1. The predicted octanol–water partition coefficient (Wildman–Crippen LogP) is 5.06. The molecule has 3 aromatic rings. The van der Waals surface area contributed by atoms with E-state index in [1.807, 2.05) is 50.6 Å². The summed E-state index contributed by atoms with van der Waals surface area (Å²) in [6.45, 7) is 3.99. The molecule has 1 unspecified atom stereocenters. The molecule has 1 atom stereocenters. The van der Waals surface area contributed by atoms with Crippen molar-refractivity contribution in [2.45, 2.75) is 32.8 Å². The standard InChI is InChI=1S/C22H23FNO3/c1-3-7-20(25)17-10-11-21(18(23)14-17)26-13-12-19-15(2)27-22(24-19)16-8-5-4-6-9-16/h3-6,8-11,14,20,25H,7,12-13H2,1-2H3. The third kappa shape index (κ3) is 4.74. The highest BCUT2D eigenvalue weighted by atomic mass is 19.1. The highest BCUT2D eigenvalue weighted by Crippen LogP contribution is 2.25. The number of rotatable bonds is 8. The van der Waals surface area contributed by atoms with Crippen LogP contribution in [0.1, 0.15) is 36.5 Å². The van der Waals surface area contributed by atoms with Crippen molar-refractivity contribution in [3.63, 3.8) is 0 Å². The summed E-state index contributed by atoms with van der Waals surface area (Å²) in [5.41, 5.74) is 2.25. The van der Waals surface area contributed by atoms with Crippen LogP contribution in [0.2, 0.25) is 0 Å². The third-order valence-corrected chi connectivity index (χ3v) is 4.31. The van der Waals surface area contributed by atoms with Crippen LogP contribution in [0, 0.1) is 19.2 Å². The average molecular weight is 368 g/mol. The van der Waals surface area contributed by atoms with E-state index in [2.05, 4.69) is 4.98 Å². The van der Waals surface area contributed by atoms with Gasteiger partial charge in [-0.05, 0) is 49.6 Å². The Kier molecular flexibility index (Phi) is 6.24. The average Bonchev–Trinajstić information content (AvgIpc) is 3.05. The van der Waals surface area contributed by atoms with E-state index in [1.54, 1.807) is 12.1 Å². The second-order valence-electron chi connectivity index (χ2n) is 6.34. The van der Waals surface area contributed by atoms with E-state index in [1.165, 1.54) is 6.07 Å². The second kappa shape index (κ2) is 8.82. The summed E-state index contributed by atoms with van der Waals surface area (Å²) in [4.78, 5) is 4.51. The zero-order valence-corrected chi connectivity index (χ0v) is 15.5. The first-order valence-electron chi connectivity index (χ1n) is 8.98. The van der Waals surface area contributed by atoms with Gasteiger partial charge < -0.3 is 14.3 Å². The summed E-state index contributed by atoms with van der Waals surface area (Å²) >= 11 is 0. The molecule has 0 aliphatic heterocycles. The van der Waals surface area contributed by atoms with E-state index < -0.39 is 11.9 Å². The summed E-state index contributed by atoms with van der Waals surface area (Å²) in [7, 11) is 0. The van der Waals surface area contributed by atoms with E-state index in [0.29, 0.717) is 24.3 Å². The molecule has 0 amide bonds. The largest absolute Gasteiger partial charge is 0.490 e. The van der Waals surface area contributed by atoms with Crippen molar-refractivity contribution < 1.29 is 18.7 Å². The van der Waals surface area contributed by atoms with Gasteiger partial charge in [0, 0.05) is 12.0 Å². The van der Waals surface area contributed by atoms with Crippen LogP contribution < -0.4 is 4.74 Å². The number of hydrogen-bond donors (Lipinski definition) is 1. The maximum atomic E-state index is 14.2. The molecular formula is C22H23FNO3. The molecule has 27 heavy (non-hydrogen) atoms. The van der Waals surface area contributed by atoms with Crippen molar-refractivity contribution in [1.29, 1.82) is 0 Å². The highest BCUT2D eigenvalue weighted by molar-refractivity contribution is 5.53. The van der Waals surface area contributed by atoms with Gasteiger partial charge in [0.25, 0.3) is 0 Å². The number of nitrogens with zero attached hydrogens (tertiary/aromatic N) is 1. The molecule has 0 fully saturated rings. The molecule has 141 valence electrons. The molecule has 1 heterocycles. The van der Waals surface area contributed by atoms with E-state index in [9.17, 15) is 9.50 Å². The number of hydrogen-bond acceptors (Lipinski definition) is 4. The Bertz CT molecular complexity index is 877. The van der Waals surface area contributed by atoms with Gasteiger partial charge >= 0.3 is 0 Å². The van der Waals surface area contributed by atoms with Crippen molar-refractivity contribution in [2.24, 2.45) is 0 Å². The number of halogens is 1. The summed E-state index contributed by atoms with van der Waals surface area (Å²) in [6, 6.07) is 14.2. The van der Waals surface area contributed by atoms with E-state index in [0.717, 1.165) is 17.0 Å². The number of aromatic nitrogens is 1. The fraction of sp³-hybridized carbons (Fsp3) is 0.273. The smallest absolute Gasteiger partial charge is 0.226 e. The van der Waals surface area contributed by atoms with E-state index in [-0.39, 0.29) is 12.4 Å². The van der Waals surface area contributed by atoms with Crippen LogP contribution in [0.15, 0.2) is 52.9 Å². The van der Waals surface area contributed by atoms with Crippen molar-refractivity contribution in [3.05, 3.63) is 77.8 Å². The lowest BCUT2D eigenvalue weighted by molar-refractivity contribution is 0.176. The zero-order chi connectivity index (χ0) is 19.2. The second-order valence-corrected chi connectivity index (χ2v) is 6.34. The zero-order valence-electron chi connectivity index (χ0n) is 15.5. The molecule has 5 heteroatoms. The van der Waals surface area contributed by atoms with E-state index >= 15 is 0 Å². The molecule has 0 saturated heterocycles. The quantitative estimate of drug-likeness (QED) is 0.604. The first-order chi connectivity index (χ1) is 13.1. The van der Waals surface area contributed by atoms with Crippen molar-refractivity contribution >= 4 is 0 Å². The number of oxazole rings is 1. The molecule has 4 nitrogen and oxygen atoms in total. The van der Waals surface area contributed by atoms with Crippen LogP contribution in [0.4, 0.5) is 4.39 Å². The maximum absolute atomic E-state index is 14.2. The molecule has 1 N–H and O–H groups in total. The normalized spacial score (nSPS) is 12.1. The molecule has 0 saturated carbocycles. The first-order valence-corrected chi connectivity index (χ1v) is 8.98. The van der Waals surface area contributed by atoms with Crippen molar-refractivity contribution in [3.8, 4) is 17.2 Å². The Morgan fingerprint density at radius 3 is 2.70 bits per heavy atom. The molecule has 0 aliphatic carbocycles. The molecule has 0 aliphatic rings. The van der Waals surface area contributed by atoms with Gasteiger partial charge in [0.2, 0.25) is 5.89 Å². The van der Waals surface area contributed by atoms with Gasteiger partial charge in [-0.2, -0.15) is 0 Å². The maximum Gasteiger partial charge on any atom is 0.226 e. The number of ether oxygens (including phenoxy) is 1. The topological polar surface area (TPSA) is 55.5 Å². The van der Waals surface area contributed by atoms with Crippen LogP contribution in [0.5, 0.6) is 5.75 Å². The fourth-order valence-corrected chi connectivity index (χ4v) is 2.82. The van der Waals surface area contributed by atoms with Gasteiger partial charge in [-0.1, -0.05) is 31.2 Å². The third-order valence-electron chi connectivity index (χ3n) is 4.31. The summed E-state index contributed by atoms with van der Waals surface area (Å²) in [5.74, 6) is 0.980. The van der Waals surface area contributed by atoms with Crippen molar-refractivity contribution in [1.82, 2.24) is 4.98 Å². The van der Waals surface area contributed by atoms with Gasteiger partial charge in [-0.3, -0.25) is 0 Å². The monoisotopic (exact) mass is 368 g/mol. The lowest BCUT2D eigenvalue weighted by atomic mass is 10.1. The van der Waals surface area contributed by atoms with Gasteiger partial charge in [-0.15, -0.1) is 0 Å². The minimum absolute atomic E-state index is 0.163. The molecular weight excluding hydrogens is 345 g/mol. The SMILES string of the molecule is C[CH]CC(O)c1ccc(OCCc2nc(-c3ccccc3)oc2C)c(F)c1. The Hall–Kier alpha value is -2.66. The van der Waals surface area contributed by atoms with Gasteiger partial charge in [0.15, 0.2) is 11.6 Å². The van der Waals surface area contributed by atoms with Gasteiger partial charge in [0.1, 0.15) is 5.76 Å². The summed E-state index contributed by atoms with van der Waals surface area (Å²) in [5, 5.41) is 9.93. The highest BCUT2D eigenvalue weighted by Gasteiger charge is 2.13. The van der Waals surface area contributed by atoms with Crippen LogP contribution in [0.25, 0.3) is 11.5 Å². The summed E-state index contributed by atoms with van der Waals surface area (Å²) in [6.07, 6.45) is 2.13. The Labute approximate surface area is 158 Å². The minimum Gasteiger partial charge on any atom is -0.490 e.